The Morgan fingerprint density at radius 2 is 1.65 bits per heavy atom. The Labute approximate surface area is 198 Å². The number of hydrogen-bond donors (Lipinski definition) is 0. The molecule has 0 heterocycles. The van der Waals surface area contributed by atoms with E-state index in [0.717, 1.165) is 11.1 Å². The van der Waals surface area contributed by atoms with E-state index < -0.39 is 10.9 Å². The van der Waals surface area contributed by atoms with Crippen LogP contribution in [0.1, 0.15) is 37.5 Å². The lowest BCUT2D eigenvalue weighted by molar-refractivity contribution is -0.384. The maximum absolute atomic E-state index is 12.1. The molecule has 0 saturated carbocycles. The molecule has 0 unspecified atom stereocenters. The summed E-state index contributed by atoms with van der Waals surface area (Å²) in [6, 6.07) is 19.0. The topological polar surface area (TPSA) is 87.9 Å². The Bertz CT molecular complexity index is 1180. The quantitative estimate of drug-likeness (QED) is 0.132. The molecule has 176 valence electrons. The van der Waals surface area contributed by atoms with Crippen molar-refractivity contribution in [1.29, 1.82) is 0 Å². The van der Waals surface area contributed by atoms with Gasteiger partial charge in [0.1, 0.15) is 12.4 Å². The summed E-state index contributed by atoms with van der Waals surface area (Å²) in [4.78, 5) is 22.2. The van der Waals surface area contributed by atoms with E-state index in [9.17, 15) is 14.9 Å². The number of ether oxygens (including phenoxy) is 3. The molecule has 3 aromatic rings. The van der Waals surface area contributed by atoms with Crippen molar-refractivity contribution in [3.8, 4) is 17.2 Å². The van der Waals surface area contributed by atoms with E-state index in [4.69, 9.17) is 14.2 Å². The Morgan fingerprint density at radius 3 is 2.24 bits per heavy atom. The van der Waals surface area contributed by atoms with Crippen LogP contribution in [0.25, 0.3) is 6.08 Å². The minimum absolute atomic E-state index is 0.0772. The SMILES string of the molecule is COc1cc(/C=C/C(=O)Oc2ccc([N+](=O)[O-])cc2)ccc1OCc1ccc(C(C)(C)C)cc1. The van der Waals surface area contributed by atoms with E-state index in [0.29, 0.717) is 18.1 Å². The molecule has 0 aliphatic carbocycles. The van der Waals surface area contributed by atoms with Crippen molar-refractivity contribution >= 4 is 17.7 Å². The molecule has 3 aromatic carbocycles. The van der Waals surface area contributed by atoms with Crippen molar-refractivity contribution in [2.45, 2.75) is 32.8 Å². The van der Waals surface area contributed by atoms with Gasteiger partial charge in [-0.1, -0.05) is 51.1 Å². The fourth-order valence-corrected chi connectivity index (χ4v) is 3.12. The molecule has 0 N–H and O–H groups in total. The van der Waals surface area contributed by atoms with Gasteiger partial charge in [-0.3, -0.25) is 10.1 Å². The van der Waals surface area contributed by atoms with E-state index in [-0.39, 0.29) is 16.9 Å². The molecule has 0 spiro atoms. The molecule has 0 bridgehead atoms. The standard InChI is InChI=1S/C27H27NO6/c1-27(2,3)21-9-5-20(6-10-21)18-33-24-15-7-19(17-25(24)32-4)8-16-26(29)34-23-13-11-22(12-14-23)28(30)31/h5-17H,18H2,1-4H3/b16-8+. The predicted molar refractivity (Wildman–Crippen MR) is 130 cm³/mol. The number of nitro groups is 1. The number of carbonyl (C=O) groups excluding carboxylic acids is 1. The Hall–Kier alpha value is -4.13. The molecule has 0 aliphatic heterocycles. The van der Waals surface area contributed by atoms with Crippen molar-refractivity contribution in [2.24, 2.45) is 0 Å². The first-order valence-corrected chi connectivity index (χ1v) is 10.7. The van der Waals surface area contributed by atoms with Crippen LogP contribution in [-0.4, -0.2) is 18.0 Å². The van der Waals surface area contributed by atoms with Crippen molar-refractivity contribution in [3.63, 3.8) is 0 Å². The molecular formula is C27H27NO6. The Morgan fingerprint density at radius 1 is 0.971 bits per heavy atom. The van der Waals surface area contributed by atoms with Crippen LogP contribution in [0.2, 0.25) is 0 Å². The summed E-state index contributed by atoms with van der Waals surface area (Å²) in [5, 5.41) is 10.7. The maximum atomic E-state index is 12.1. The average molecular weight is 462 g/mol. The maximum Gasteiger partial charge on any atom is 0.336 e. The minimum Gasteiger partial charge on any atom is -0.493 e. The minimum atomic E-state index is -0.605. The highest BCUT2D eigenvalue weighted by Crippen LogP contribution is 2.30. The molecule has 34 heavy (non-hydrogen) atoms. The second kappa shape index (κ2) is 10.7. The van der Waals surface area contributed by atoms with Crippen molar-refractivity contribution < 1.29 is 23.9 Å². The molecule has 0 fully saturated rings. The van der Waals surface area contributed by atoms with Gasteiger partial charge in [0.2, 0.25) is 0 Å². The van der Waals surface area contributed by atoms with Crippen LogP contribution in [0.3, 0.4) is 0 Å². The first-order valence-electron chi connectivity index (χ1n) is 10.7. The summed E-state index contributed by atoms with van der Waals surface area (Å²) in [6.45, 7) is 6.93. The molecule has 0 saturated heterocycles. The Balaban J connectivity index is 1.61. The fourth-order valence-electron chi connectivity index (χ4n) is 3.12. The van der Waals surface area contributed by atoms with Crippen LogP contribution in [0, 0.1) is 10.1 Å². The summed E-state index contributed by atoms with van der Waals surface area (Å²) < 4.78 is 16.5. The number of carbonyl (C=O) groups is 1. The van der Waals surface area contributed by atoms with E-state index in [1.807, 2.05) is 0 Å². The number of hydrogen-bond acceptors (Lipinski definition) is 6. The van der Waals surface area contributed by atoms with Gasteiger partial charge in [-0.15, -0.1) is 0 Å². The molecule has 0 aromatic heterocycles. The fraction of sp³-hybridized carbons (Fsp3) is 0.222. The average Bonchev–Trinajstić information content (AvgIpc) is 2.81. The molecule has 0 radical (unpaired) electrons. The normalized spacial score (nSPS) is 11.3. The second-order valence-corrected chi connectivity index (χ2v) is 8.65. The molecule has 0 atom stereocenters. The third kappa shape index (κ3) is 6.68. The van der Waals surface area contributed by atoms with Gasteiger partial charge in [-0.2, -0.15) is 0 Å². The van der Waals surface area contributed by atoms with E-state index in [2.05, 4.69) is 45.0 Å². The Kier molecular flexibility index (Phi) is 7.68. The molecule has 3 rings (SSSR count). The first kappa shape index (κ1) is 24.5. The summed E-state index contributed by atoms with van der Waals surface area (Å²) in [7, 11) is 1.55. The van der Waals surface area contributed by atoms with Gasteiger partial charge >= 0.3 is 5.97 Å². The van der Waals surface area contributed by atoms with Gasteiger partial charge in [0, 0.05) is 18.2 Å². The molecule has 0 amide bonds. The monoisotopic (exact) mass is 461 g/mol. The predicted octanol–water partition coefficient (Wildman–Crippen LogP) is 6.10. The highest BCUT2D eigenvalue weighted by atomic mass is 16.6. The largest absolute Gasteiger partial charge is 0.493 e. The summed E-state index contributed by atoms with van der Waals surface area (Å²) in [6.07, 6.45) is 2.86. The third-order valence-corrected chi connectivity index (χ3v) is 5.08. The molecular weight excluding hydrogens is 434 g/mol. The lowest BCUT2D eigenvalue weighted by Crippen LogP contribution is -2.10. The van der Waals surface area contributed by atoms with Gasteiger partial charge in [-0.25, -0.2) is 4.79 Å². The number of rotatable bonds is 8. The number of nitrogens with zero attached hydrogens (tertiary/aromatic N) is 1. The zero-order chi connectivity index (χ0) is 24.7. The van der Waals surface area contributed by atoms with Gasteiger partial charge in [0.05, 0.1) is 12.0 Å². The van der Waals surface area contributed by atoms with Gasteiger partial charge in [0.15, 0.2) is 11.5 Å². The van der Waals surface area contributed by atoms with E-state index in [1.54, 1.807) is 31.4 Å². The number of methoxy groups -OCH3 is 1. The zero-order valence-electron chi connectivity index (χ0n) is 19.6. The van der Waals surface area contributed by atoms with Crippen molar-refractivity contribution in [3.05, 3.63) is 99.6 Å². The van der Waals surface area contributed by atoms with Crippen molar-refractivity contribution in [1.82, 2.24) is 0 Å². The van der Waals surface area contributed by atoms with Gasteiger partial charge in [0.25, 0.3) is 5.69 Å². The summed E-state index contributed by atoms with van der Waals surface area (Å²) in [5.74, 6) is 0.745. The van der Waals surface area contributed by atoms with Crippen LogP contribution >= 0.6 is 0 Å². The second-order valence-electron chi connectivity index (χ2n) is 8.65. The van der Waals surface area contributed by atoms with Crippen LogP contribution in [0.5, 0.6) is 17.2 Å². The van der Waals surface area contributed by atoms with Crippen LogP contribution < -0.4 is 14.2 Å². The van der Waals surface area contributed by atoms with Crippen LogP contribution in [0.4, 0.5) is 5.69 Å². The van der Waals surface area contributed by atoms with Crippen LogP contribution in [-0.2, 0) is 16.8 Å². The van der Waals surface area contributed by atoms with Gasteiger partial charge in [-0.05, 0) is 52.4 Å². The molecule has 7 heteroatoms. The third-order valence-electron chi connectivity index (χ3n) is 5.08. The zero-order valence-corrected chi connectivity index (χ0v) is 19.6. The lowest BCUT2D eigenvalue weighted by Gasteiger charge is -2.19. The highest BCUT2D eigenvalue weighted by molar-refractivity contribution is 5.88. The van der Waals surface area contributed by atoms with E-state index in [1.165, 1.54) is 35.9 Å². The van der Waals surface area contributed by atoms with Crippen molar-refractivity contribution in [2.75, 3.05) is 7.11 Å². The molecule has 7 nitrogen and oxygen atoms in total. The first-order chi connectivity index (χ1) is 16.2. The molecule has 0 aliphatic rings. The lowest BCUT2D eigenvalue weighted by atomic mass is 9.87. The number of nitro benzene ring substituents is 1. The smallest absolute Gasteiger partial charge is 0.336 e. The van der Waals surface area contributed by atoms with Crippen LogP contribution in [0.15, 0.2) is 72.8 Å². The summed E-state index contributed by atoms with van der Waals surface area (Å²) >= 11 is 0. The summed E-state index contributed by atoms with van der Waals surface area (Å²) in [5.41, 5.74) is 3.05. The number of benzene rings is 3. The number of esters is 1. The number of non-ortho nitro benzene ring substituents is 1. The van der Waals surface area contributed by atoms with Gasteiger partial charge < -0.3 is 14.2 Å². The van der Waals surface area contributed by atoms with E-state index >= 15 is 0 Å². The highest BCUT2D eigenvalue weighted by Gasteiger charge is 2.13.